The number of allylic oxidation sites excluding steroid dienone is 1. The van der Waals surface area contributed by atoms with Crippen molar-refractivity contribution in [2.75, 3.05) is 24.6 Å². The van der Waals surface area contributed by atoms with Crippen molar-refractivity contribution in [1.82, 2.24) is 10.2 Å². The van der Waals surface area contributed by atoms with Crippen LogP contribution in [0, 0.1) is 25.7 Å². The SMILES string of the molecule is Cc1ccc(C)c(N2C/C=C\CCC(=O)NC[C@@H](c3ccccc3)OC(=O)[C@@H]3[C@H]4O[C@@]5(C=C4Br)[C@H](C2=O)N([C@H](CO)c2ccccc2)C(=O)[C@@H]35)c1. The monoisotopic (exact) mass is 753 g/mol. The second-order valence-electron chi connectivity index (χ2n) is 13.6. The van der Waals surface area contributed by atoms with Gasteiger partial charge in [0.15, 0.2) is 0 Å². The van der Waals surface area contributed by atoms with Gasteiger partial charge in [-0.3, -0.25) is 19.2 Å². The van der Waals surface area contributed by atoms with Gasteiger partial charge in [0.05, 0.1) is 25.1 Å². The Kier molecular flexibility index (Phi) is 9.71. The number of esters is 1. The Morgan fingerprint density at radius 1 is 0.961 bits per heavy atom. The number of aryl methyl sites for hydroxylation is 2. The van der Waals surface area contributed by atoms with Crippen LogP contribution in [0.1, 0.15) is 47.2 Å². The Labute approximate surface area is 305 Å². The Balaban J connectivity index is 1.39. The number of halogens is 1. The van der Waals surface area contributed by atoms with E-state index in [1.54, 1.807) is 23.1 Å². The highest BCUT2D eigenvalue weighted by Crippen LogP contribution is 2.60. The maximum absolute atomic E-state index is 15.4. The zero-order chi connectivity index (χ0) is 35.9. The molecule has 5 bridgehead atoms. The number of amides is 3. The standard InChI is InChI=1S/C40H40BrN3O7/c1-24-17-18-25(2)29(20-24)43-19-11-5-10-16-32(46)42-22-31(27-14-8-4-9-15-27)50-39(49)33-34-37(47)44(30(23-45)26-12-6-3-7-13-26)36(38(43)48)40(34)21-28(41)35(33)51-40/h3-9,11-15,17-18,20-21,30-31,33-36,45H,10,16,19,22-23H2,1-2H3,(H,42,46)/b11-5-/t30-,31+,33+,34-,35+,36+,40-/m1/s1. The number of aliphatic hydroxyl groups is 1. The third kappa shape index (κ3) is 6.21. The first-order chi connectivity index (χ1) is 24.6. The van der Waals surface area contributed by atoms with Crippen LogP contribution in [0.4, 0.5) is 5.69 Å². The van der Waals surface area contributed by atoms with Gasteiger partial charge in [-0.05, 0) is 54.7 Å². The average Bonchev–Trinajstić information content (AvgIpc) is 3.73. The fourth-order valence-electron chi connectivity index (χ4n) is 7.96. The molecule has 0 aliphatic carbocycles. The smallest absolute Gasteiger partial charge is 0.313 e. The van der Waals surface area contributed by atoms with Crippen molar-refractivity contribution < 1.29 is 33.8 Å². The number of hydrogen-bond donors (Lipinski definition) is 2. The third-order valence-electron chi connectivity index (χ3n) is 10.4. The van der Waals surface area contributed by atoms with Crippen molar-refractivity contribution in [1.29, 1.82) is 0 Å². The molecule has 3 amide bonds. The highest BCUT2D eigenvalue weighted by molar-refractivity contribution is 9.11. The number of benzene rings is 3. The second-order valence-corrected chi connectivity index (χ2v) is 14.5. The molecule has 0 aromatic heterocycles. The number of carbonyl (C=O) groups excluding carboxylic acids is 4. The molecule has 10 nitrogen and oxygen atoms in total. The molecule has 1 spiro atoms. The molecule has 4 aliphatic heterocycles. The van der Waals surface area contributed by atoms with Gasteiger partial charge in [-0.2, -0.15) is 0 Å². The van der Waals surface area contributed by atoms with E-state index in [1.165, 1.54) is 4.90 Å². The van der Waals surface area contributed by atoms with Gasteiger partial charge >= 0.3 is 5.97 Å². The molecule has 3 aromatic rings. The molecular formula is C40H40BrN3O7. The number of cyclic esters (lactones) is 1. The lowest BCUT2D eigenvalue weighted by molar-refractivity contribution is -0.160. The first-order valence-electron chi connectivity index (χ1n) is 17.2. The van der Waals surface area contributed by atoms with E-state index in [0.29, 0.717) is 27.7 Å². The normalized spacial score (nSPS) is 29.3. The van der Waals surface area contributed by atoms with Crippen molar-refractivity contribution in [3.8, 4) is 0 Å². The van der Waals surface area contributed by atoms with Crippen molar-refractivity contribution >= 4 is 45.3 Å². The summed E-state index contributed by atoms with van der Waals surface area (Å²) < 4.78 is 13.4. The number of nitrogens with zero attached hydrogens (tertiary/aromatic N) is 2. The maximum Gasteiger partial charge on any atom is 0.313 e. The Morgan fingerprint density at radius 2 is 1.69 bits per heavy atom. The van der Waals surface area contributed by atoms with E-state index < -0.39 is 66.1 Å². The van der Waals surface area contributed by atoms with Crippen molar-refractivity contribution in [3.63, 3.8) is 0 Å². The number of hydrogen-bond acceptors (Lipinski definition) is 7. The number of anilines is 1. The minimum atomic E-state index is -1.55. The van der Waals surface area contributed by atoms with Crippen LogP contribution in [-0.2, 0) is 28.7 Å². The maximum atomic E-state index is 15.4. The highest BCUT2D eigenvalue weighted by Gasteiger charge is 2.75. The molecule has 2 N–H and O–H groups in total. The van der Waals surface area contributed by atoms with Gasteiger partial charge in [0.2, 0.25) is 11.8 Å². The van der Waals surface area contributed by atoms with Crippen LogP contribution in [0.15, 0.2) is 102 Å². The summed E-state index contributed by atoms with van der Waals surface area (Å²) in [5.41, 5.74) is 2.22. The first kappa shape index (κ1) is 34.9. The summed E-state index contributed by atoms with van der Waals surface area (Å²) in [5.74, 6) is -4.04. The average molecular weight is 755 g/mol. The van der Waals surface area contributed by atoms with Gasteiger partial charge < -0.3 is 29.7 Å². The summed E-state index contributed by atoms with van der Waals surface area (Å²) in [4.78, 5) is 60.8. The number of rotatable bonds is 5. The zero-order valence-corrected chi connectivity index (χ0v) is 30.0. The van der Waals surface area contributed by atoms with Gasteiger partial charge in [0.25, 0.3) is 5.91 Å². The molecule has 7 atom stereocenters. The van der Waals surface area contributed by atoms with E-state index in [2.05, 4.69) is 21.2 Å². The Bertz CT molecular complexity index is 1900. The minimum Gasteiger partial charge on any atom is -0.455 e. The molecule has 0 saturated carbocycles. The lowest BCUT2D eigenvalue weighted by Crippen LogP contribution is -2.57. The van der Waals surface area contributed by atoms with Gasteiger partial charge in [-0.25, -0.2) is 0 Å². The summed E-state index contributed by atoms with van der Waals surface area (Å²) in [6, 6.07) is 21.9. The number of nitrogens with one attached hydrogen (secondary N) is 1. The third-order valence-corrected chi connectivity index (χ3v) is 11.1. The fraction of sp³-hybridized carbons (Fsp3) is 0.350. The molecule has 2 saturated heterocycles. The quantitative estimate of drug-likeness (QED) is 0.278. The molecule has 3 aromatic carbocycles. The second kappa shape index (κ2) is 14.2. The fourth-order valence-corrected chi connectivity index (χ4v) is 8.69. The van der Waals surface area contributed by atoms with E-state index in [-0.39, 0.29) is 25.4 Å². The van der Waals surface area contributed by atoms with Crippen molar-refractivity contribution in [2.45, 2.75) is 56.6 Å². The van der Waals surface area contributed by atoms with Crippen LogP contribution >= 0.6 is 15.9 Å². The van der Waals surface area contributed by atoms with Crippen LogP contribution < -0.4 is 10.2 Å². The first-order valence-corrected chi connectivity index (χ1v) is 18.0. The van der Waals surface area contributed by atoms with Gasteiger partial charge in [-0.15, -0.1) is 0 Å². The van der Waals surface area contributed by atoms with Crippen molar-refractivity contribution in [2.24, 2.45) is 11.8 Å². The molecule has 7 rings (SSSR count). The summed E-state index contributed by atoms with van der Waals surface area (Å²) >= 11 is 3.62. The summed E-state index contributed by atoms with van der Waals surface area (Å²) in [5, 5.41) is 13.8. The van der Waals surface area contributed by atoms with E-state index in [1.807, 2.05) is 92.7 Å². The molecule has 4 aliphatic rings. The van der Waals surface area contributed by atoms with E-state index in [9.17, 15) is 19.5 Å². The lowest BCUT2D eigenvalue weighted by Gasteiger charge is -2.39. The lowest BCUT2D eigenvalue weighted by atomic mass is 9.74. The van der Waals surface area contributed by atoms with Gasteiger partial charge in [0, 0.05) is 23.1 Å². The number of likely N-dealkylation sites (tertiary alicyclic amines) is 1. The van der Waals surface area contributed by atoms with E-state index >= 15 is 4.79 Å². The van der Waals surface area contributed by atoms with Crippen LogP contribution in [0.3, 0.4) is 0 Å². The summed E-state index contributed by atoms with van der Waals surface area (Å²) in [7, 11) is 0. The van der Waals surface area contributed by atoms with E-state index in [0.717, 1.165) is 11.1 Å². The topological polar surface area (TPSA) is 125 Å². The molecule has 264 valence electrons. The van der Waals surface area contributed by atoms with E-state index in [4.69, 9.17) is 9.47 Å². The zero-order valence-electron chi connectivity index (χ0n) is 28.4. The molecule has 2 fully saturated rings. The van der Waals surface area contributed by atoms with Gasteiger partial charge in [-0.1, -0.05) is 101 Å². The van der Waals surface area contributed by atoms with Crippen molar-refractivity contribution in [3.05, 3.63) is 124 Å². The van der Waals surface area contributed by atoms with Crippen LogP contribution in [0.5, 0.6) is 0 Å². The Morgan fingerprint density at radius 3 is 2.41 bits per heavy atom. The largest absolute Gasteiger partial charge is 0.455 e. The minimum absolute atomic E-state index is 0.0333. The molecular weight excluding hydrogens is 714 g/mol. The molecule has 0 unspecified atom stereocenters. The molecule has 4 heterocycles. The summed E-state index contributed by atoms with van der Waals surface area (Å²) in [6.45, 7) is 3.58. The summed E-state index contributed by atoms with van der Waals surface area (Å²) in [6.07, 6.45) is 4.36. The number of carbonyl (C=O) groups is 4. The molecule has 0 radical (unpaired) electrons. The number of aliphatic hydroxyl groups excluding tert-OH is 1. The number of ether oxygens (including phenoxy) is 2. The van der Waals surface area contributed by atoms with Crippen LogP contribution in [0.2, 0.25) is 0 Å². The number of fused-ring (bicyclic) bond motifs is 2. The van der Waals surface area contributed by atoms with Crippen LogP contribution in [0.25, 0.3) is 0 Å². The predicted molar refractivity (Wildman–Crippen MR) is 193 cm³/mol. The predicted octanol–water partition coefficient (Wildman–Crippen LogP) is 4.99. The highest BCUT2D eigenvalue weighted by atomic mass is 79.9. The van der Waals surface area contributed by atoms with Crippen LogP contribution in [-0.4, -0.2) is 71.1 Å². The van der Waals surface area contributed by atoms with Gasteiger partial charge in [0.1, 0.15) is 29.8 Å². The Hall–Kier alpha value is -4.58. The molecule has 51 heavy (non-hydrogen) atoms. The molecule has 11 heteroatoms.